The molecule has 4 aromatic rings. The van der Waals surface area contributed by atoms with Crippen molar-refractivity contribution in [1.29, 1.82) is 0 Å². The van der Waals surface area contributed by atoms with Gasteiger partial charge in [0.25, 0.3) is 0 Å². The topological polar surface area (TPSA) is 52.0 Å². The van der Waals surface area contributed by atoms with Crippen molar-refractivity contribution in [2.45, 2.75) is 24.0 Å². The third-order valence-corrected chi connectivity index (χ3v) is 6.93. The van der Waals surface area contributed by atoms with E-state index in [1.807, 2.05) is 25.1 Å². The summed E-state index contributed by atoms with van der Waals surface area (Å²) >= 11 is 1.69. The molecule has 0 unspecified atom stereocenters. The van der Waals surface area contributed by atoms with Crippen LogP contribution in [-0.4, -0.2) is 21.0 Å². The van der Waals surface area contributed by atoms with Crippen molar-refractivity contribution < 1.29 is 9.13 Å². The number of nitrogens with zero attached hydrogens (tertiary/aromatic N) is 3. The molecular weight excluding hydrogens is 435 g/mol. The molecule has 5 nitrogen and oxygen atoms in total. The van der Waals surface area contributed by atoms with E-state index in [9.17, 15) is 0 Å². The molecule has 0 saturated carbocycles. The molecule has 2 aliphatic rings. The zero-order valence-corrected chi connectivity index (χ0v) is 18.9. The van der Waals surface area contributed by atoms with Gasteiger partial charge < -0.3 is 10.1 Å². The third-order valence-electron chi connectivity index (χ3n) is 6.19. The number of fused-ring (bicyclic) bond motifs is 3. The van der Waals surface area contributed by atoms with Crippen molar-refractivity contribution in [3.63, 3.8) is 0 Å². The lowest BCUT2D eigenvalue weighted by Gasteiger charge is -2.39. The van der Waals surface area contributed by atoms with E-state index in [-0.39, 0.29) is 5.82 Å². The molecule has 164 valence electrons. The quantitative estimate of drug-likeness (QED) is 0.383. The Hall–Kier alpha value is -3.58. The summed E-state index contributed by atoms with van der Waals surface area (Å²) in [6, 6.07) is 20.8. The highest BCUT2D eigenvalue weighted by atomic mass is 32.2. The van der Waals surface area contributed by atoms with Gasteiger partial charge in [-0.1, -0.05) is 42.0 Å². The predicted molar refractivity (Wildman–Crippen MR) is 128 cm³/mol. The van der Waals surface area contributed by atoms with E-state index in [1.165, 1.54) is 17.3 Å². The molecule has 0 bridgehead atoms. The second kappa shape index (κ2) is 7.78. The van der Waals surface area contributed by atoms with Crippen LogP contribution in [0, 0.1) is 12.7 Å². The number of aryl methyl sites for hydroxylation is 1. The number of thioether (sulfide) groups is 1. The van der Waals surface area contributed by atoms with Crippen LogP contribution >= 0.6 is 11.8 Å². The summed E-state index contributed by atoms with van der Waals surface area (Å²) < 4.78 is 23.5. The van der Waals surface area contributed by atoms with Crippen LogP contribution in [0.3, 0.4) is 0 Å². The lowest BCUT2D eigenvalue weighted by molar-refractivity contribution is 0.222. The third kappa shape index (κ3) is 3.23. The minimum absolute atomic E-state index is 0.288. The summed E-state index contributed by atoms with van der Waals surface area (Å²) in [6.07, 6.45) is 3.13. The number of hydrogen-bond acceptors (Lipinski definition) is 5. The van der Waals surface area contributed by atoms with Gasteiger partial charge in [-0.2, -0.15) is 10.1 Å². The number of aromatic nitrogens is 3. The molecular formula is C26H21FN4OS. The Labute approximate surface area is 195 Å². The molecule has 0 amide bonds. The zero-order valence-electron chi connectivity index (χ0n) is 18.1. The molecule has 1 N–H and O–H groups in total. The van der Waals surface area contributed by atoms with Crippen molar-refractivity contribution in [3.8, 4) is 5.75 Å². The molecule has 2 aliphatic heterocycles. The molecule has 0 fully saturated rings. The van der Waals surface area contributed by atoms with Crippen LogP contribution in [0.15, 0.2) is 83.5 Å². The molecule has 0 spiro atoms. The van der Waals surface area contributed by atoms with Gasteiger partial charge >= 0.3 is 0 Å². The van der Waals surface area contributed by atoms with Crippen molar-refractivity contribution in [2.75, 3.05) is 11.6 Å². The summed E-state index contributed by atoms with van der Waals surface area (Å²) in [5, 5.41) is 7.93. The van der Waals surface area contributed by atoms with Gasteiger partial charge in [0.2, 0.25) is 5.95 Å². The maximum absolute atomic E-state index is 15.2. The smallest absolute Gasteiger partial charge is 0.226 e. The number of nitrogens with one attached hydrogen (secondary N) is 1. The number of anilines is 1. The van der Waals surface area contributed by atoms with Gasteiger partial charge in [0.1, 0.15) is 30.0 Å². The maximum Gasteiger partial charge on any atom is 0.226 e. The van der Waals surface area contributed by atoms with Gasteiger partial charge in [-0.15, -0.1) is 11.8 Å². The molecule has 0 radical (unpaired) electrons. The Morgan fingerprint density at radius 2 is 1.88 bits per heavy atom. The van der Waals surface area contributed by atoms with Crippen LogP contribution in [0.1, 0.15) is 34.4 Å². The van der Waals surface area contributed by atoms with Crippen LogP contribution in [-0.2, 0) is 0 Å². The lowest BCUT2D eigenvalue weighted by atomic mass is 9.84. The van der Waals surface area contributed by atoms with Crippen LogP contribution in [0.2, 0.25) is 0 Å². The summed E-state index contributed by atoms with van der Waals surface area (Å²) in [7, 11) is 0. The molecule has 33 heavy (non-hydrogen) atoms. The molecule has 0 saturated heterocycles. The monoisotopic (exact) mass is 456 g/mol. The first-order valence-corrected chi connectivity index (χ1v) is 11.9. The highest BCUT2D eigenvalue weighted by Gasteiger charge is 2.41. The first-order chi connectivity index (χ1) is 16.1. The van der Waals surface area contributed by atoms with E-state index in [0.717, 1.165) is 33.7 Å². The van der Waals surface area contributed by atoms with E-state index in [1.54, 1.807) is 28.6 Å². The van der Waals surface area contributed by atoms with Gasteiger partial charge in [-0.3, -0.25) is 0 Å². The van der Waals surface area contributed by atoms with Crippen LogP contribution in [0.4, 0.5) is 10.3 Å². The zero-order chi connectivity index (χ0) is 22.5. The molecule has 0 aliphatic carbocycles. The Kier molecular flexibility index (Phi) is 4.73. The predicted octanol–water partition coefficient (Wildman–Crippen LogP) is 6.01. The Morgan fingerprint density at radius 1 is 1.06 bits per heavy atom. The van der Waals surface area contributed by atoms with E-state index >= 15 is 4.39 Å². The molecule has 6 rings (SSSR count). The highest BCUT2D eigenvalue weighted by Crippen LogP contribution is 2.51. The van der Waals surface area contributed by atoms with Crippen molar-refractivity contribution in [2.24, 2.45) is 0 Å². The first-order valence-electron chi connectivity index (χ1n) is 10.7. The minimum atomic E-state index is -0.501. The number of halogens is 1. The first kappa shape index (κ1) is 20.1. The van der Waals surface area contributed by atoms with E-state index in [0.29, 0.717) is 11.5 Å². The number of hydrogen-bond donors (Lipinski definition) is 1. The largest absolute Gasteiger partial charge is 0.480 e. The normalized spacial score (nSPS) is 18.6. The van der Waals surface area contributed by atoms with Crippen LogP contribution in [0.5, 0.6) is 5.75 Å². The second-order valence-corrected chi connectivity index (χ2v) is 9.06. The SMILES string of the molecule is CSc1ccc([C@@H]2Oc3ccc(C)cc3C3=C2[C@@H](c2ccccc2F)n2ncnc2N3)cc1. The van der Waals surface area contributed by atoms with Crippen molar-refractivity contribution in [1.82, 2.24) is 14.8 Å². The molecule has 1 aromatic heterocycles. The van der Waals surface area contributed by atoms with E-state index < -0.39 is 12.1 Å². The minimum Gasteiger partial charge on any atom is -0.480 e. The van der Waals surface area contributed by atoms with Gasteiger partial charge in [0.15, 0.2) is 0 Å². The lowest BCUT2D eigenvalue weighted by Crippen LogP contribution is -2.32. The van der Waals surface area contributed by atoms with Crippen molar-refractivity contribution in [3.05, 3.63) is 107 Å². The van der Waals surface area contributed by atoms with Gasteiger partial charge in [0.05, 0.1) is 5.70 Å². The fourth-order valence-corrected chi connectivity index (χ4v) is 5.04. The summed E-state index contributed by atoms with van der Waals surface area (Å²) in [5.41, 5.74) is 5.39. The maximum atomic E-state index is 15.2. The number of benzene rings is 3. The Balaban J connectivity index is 1.63. The number of rotatable bonds is 3. The van der Waals surface area contributed by atoms with E-state index in [2.05, 4.69) is 52.0 Å². The van der Waals surface area contributed by atoms with Crippen LogP contribution < -0.4 is 10.1 Å². The fraction of sp³-hybridized carbons (Fsp3) is 0.154. The van der Waals surface area contributed by atoms with Gasteiger partial charge in [-0.05, 0) is 49.1 Å². The second-order valence-electron chi connectivity index (χ2n) is 8.18. The summed E-state index contributed by atoms with van der Waals surface area (Å²) in [6.45, 7) is 2.05. The molecule has 3 heterocycles. The average molecular weight is 457 g/mol. The van der Waals surface area contributed by atoms with Crippen LogP contribution in [0.25, 0.3) is 5.70 Å². The summed E-state index contributed by atoms with van der Waals surface area (Å²) in [5.74, 6) is 1.07. The number of ether oxygens (including phenoxy) is 1. The van der Waals surface area contributed by atoms with E-state index in [4.69, 9.17) is 4.74 Å². The molecule has 3 aromatic carbocycles. The highest BCUT2D eigenvalue weighted by molar-refractivity contribution is 7.98. The van der Waals surface area contributed by atoms with Crippen molar-refractivity contribution >= 4 is 23.4 Å². The van der Waals surface area contributed by atoms with Gasteiger partial charge in [0, 0.05) is 21.6 Å². The summed E-state index contributed by atoms with van der Waals surface area (Å²) in [4.78, 5) is 5.58. The fourth-order valence-electron chi connectivity index (χ4n) is 4.63. The Morgan fingerprint density at radius 3 is 2.67 bits per heavy atom. The standard InChI is InChI=1S/C26H21FN4OS/c1-15-7-12-21-19(13-15)23-22(25(32-21)16-8-10-17(33-2)11-9-16)24(18-5-3-4-6-20(18)27)31-26(30-23)28-14-29-31/h3-14,24-25H,1-2H3,(H,28,29,30)/t24-,25+/m1/s1. The molecule has 7 heteroatoms. The Bertz CT molecular complexity index is 1400. The molecule has 2 atom stereocenters. The van der Waals surface area contributed by atoms with Gasteiger partial charge in [-0.25, -0.2) is 9.07 Å². The average Bonchev–Trinajstić information content (AvgIpc) is 3.31.